The first kappa shape index (κ1) is 25.2. The van der Waals surface area contributed by atoms with Crippen molar-refractivity contribution in [1.29, 1.82) is 0 Å². The van der Waals surface area contributed by atoms with Gasteiger partial charge in [0.1, 0.15) is 0 Å². The van der Waals surface area contributed by atoms with Crippen LogP contribution in [0.5, 0.6) is 0 Å². The SMILES string of the molecule is CCCCCCCCCCc1ccc(C(=O)NC(CC(=O)[O-])C[N+](C)(C)C)cc1. The Bertz CT molecular complexity index is 606. The summed E-state index contributed by atoms with van der Waals surface area (Å²) in [6.07, 6.45) is 11.3. The molecule has 1 unspecified atom stereocenters. The molecule has 0 aliphatic carbocycles. The van der Waals surface area contributed by atoms with Crippen LogP contribution >= 0.6 is 0 Å². The number of carboxylic acid groups (broad SMARTS) is 1. The number of unbranched alkanes of at least 4 members (excludes halogenated alkanes) is 7. The fourth-order valence-electron chi connectivity index (χ4n) is 3.58. The second-order valence-electron chi connectivity index (χ2n) is 9.14. The number of carbonyl (C=O) groups excluding carboxylic acids is 2. The summed E-state index contributed by atoms with van der Waals surface area (Å²) < 4.78 is 0.565. The zero-order valence-electron chi connectivity index (χ0n) is 18.8. The molecule has 164 valence electrons. The Morgan fingerprint density at radius 2 is 1.48 bits per heavy atom. The summed E-state index contributed by atoms with van der Waals surface area (Å²) in [7, 11) is 5.90. The van der Waals surface area contributed by atoms with E-state index in [1.165, 1.54) is 56.9 Å². The van der Waals surface area contributed by atoms with Crippen molar-refractivity contribution in [2.45, 2.75) is 77.2 Å². The molecule has 0 aliphatic rings. The van der Waals surface area contributed by atoms with Crippen molar-refractivity contribution in [1.82, 2.24) is 5.32 Å². The third-order valence-electron chi connectivity index (χ3n) is 5.05. The number of likely N-dealkylation sites (N-methyl/N-ethyl adjacent to an activating group) is 1. The van der Waals surface area contributed by atoms with E-state index in [1.807, 2.05) is 45.4 Å². The maximum atomic E-state index is 12.5. The van der Waals surface area contributed by atoms with Crippen molar-refractivity contribution < 1.29 is 19.2 Å². The standard InChI is InChI=1S/C24H40N2O3/c1-5-6-7-8-9-10-11-12-13-20-14-16-21(17-15-20)24(29)25-22(18-23(27)28)19-26(2,3)4/h14-17,22H,5-13,18-19H2,1-4H3,(H-,25,27,28,29). The molecule has 29 heavy (non-hydrogen) atoms. The van der Waals surface area contributed by atoms with Crippen LogP contribution in [-0.2, 0) is 11.2 Å². The van der Waals surface area contributed by atoms with E-state index in [4.69, 9.17) is 0 Å². The van der Waals surface area contributed by atoms with Gasteiger partial charge in [-0.15, -0.1) is 0 Å². The van der Waals surface area contributed by atoms with E-state index in [9.17, 15) is 14.7 Å². The molecule has 1 aromatic carbocycles. The van der Waals surface area contributed by atoms with E-state index in [-0.39, 0.29) is 12.3 Å². The van der Waals surface area contributed by atoms with Gasteiger partial charge in [0.2, 0.25) is 0 Å². The first-order valence-electron chi connectivity index (χ1n) is 11.1. The van der Waals surface area contributed by atoms with E-state index in [0.717, 1.165) is 6.42 Å². The highest BCUT2D eigenvalue weighted by atomic mass is 16.4. The van der Waals surface area contributed by atoms with Gasteiger partial charge in [0.25, 0.3) is 5.91 Å². The fraction of sp³-hybridized carbons (Fsp3) is 0.667. The van der Waals surface area contributed by atoms with Gasteiger partial charge in [-0.2, -0.15) is 0 Å². The molecule has 1 N–H and O–H groups in total. The second kappa shape index (κ2) is 13.4. The number of benzene rings is 1. The number of hydrogen-bond donors (Lipinski definition) is 1. The molecule has 0 aromatic heterocycles. The predicted molar refractivity (Wildman–Crippen MR) is 117 cm³/mol. The third-order valence-corrected chi connectivity index (χ3v) is 5.05. The molecule has 0 aliphatic heterocycles. The number of aliphatic carboxylic acids is 1. The van der Waals surface area contributed by atoms with Crippen LogP contribution in [0.15, 0.2) is 24.3 Å². The molecule has 0 saturated carbocycles. The zero-order valence-corrected chi connectivity index (χ0v) is 18.8. The van der Waals surface area contributed by atoms with Gasteiger partial charge in [-0.05, 0) is 30.5 Å². The lowest BCUT2D eigenvalue weighted by Gasteiger charge is -2.30. The van der Waals surface area contributed by atoms with Crippen LogP contribution in [0.25, 0.3) is 0 Å². The molecule has 0 spiro atoms. The van der Waals surface area contributed by atoms with Gasteiger partial charge in [-0.3, -0.25) is 4.79 Å². The minimum absolute atomic E-state index is 0.183. The number of nitrogens with zero attached hydrogens (tertiary/aromatic N) is 1. The van der Waals surface area contributed by atoms with Crippen LogP contribution < -0.4 is 10.4 Å². The summed E-state index contributed by atoms with van der Waals surface area (Å²) in [5.74, 6) is -1.38. The van der Waals surface area contributed by atoms with Crippen molar-refractivity contribution in [3.8, 4) is 0 Å². The van der Waals surface area contributed by atoms with Crippen LogP contribution in [0.1, 0.15) is 80.6 Å². The summed E-state index contributed by atoms with van der Waals surface area (Å²) >= 11 is 0. The van der Waals surface area contributed by atoms with Crippen LogP contribution in [-0.4, -0.2) is 50.1 Å². The molecule has 0 radical (unpaired) electrons. The quantitative estimate of drug-likeness (QED) is 0.360. The van der Waals surface area contributed by atoms with Crippen molar-refractivity contribution in [2.24, 2.45) is 0 Å². The molecule has 5 heteroatoms. The molecule has 0 heterocycles. The van der Waals surface area contributed by atoms with E-state index in [0.29, 0.717) is 16.6 Å². The van der Waals surface area contributed by atoms with E-state index < -0.39 is 12.0 Å². The average Bonchev–Trinajstić information content (AvgIpc) is 2.62. The monoisotopic (exact) mass is 404 g/mol. The lowest BCUT2D eigenvalue weighted by Crippen LogP contribution is -2.50. The molecule has 1 amide bonds. The molecule has 1 aromatic rings. The number of rotatable bonds is 15. The molecular weight excluding hydrogens is 364 g/mol. The lowest BCUT2D eigenvalue weighted by atomic mass is 10.0. The number of aryl methyl sites for hydroxylation is 1. The first-order valence-corrected chi connectivity index (χ1v) is 11.1. The third kappa shape index (κ3) is 12.3. The first-order chi connectivity index (χ1) is 13.7. The zero-order chi connectivity index (χ0) is 21.7. The summed E-state index contributed by atoms with van der Waals surface area (Å²) in [6, 6.07) is 7.21. The average molecular weight is 405 g/mol. The Balaban J connectivity index is 2.42. The summed E-state index contributed by atoms with van der Waals surface area (Å²) in [4.78, 5) is 23.5. The highest BCUT2D eigenvalue weighted by Crippen LogP contribution is 2.12. The van der Waals surface area contributed by atoms with Crippen LogP contribution in [0.4, 0.5) is 0 Å². The highest BCUT2D eigenvalue weighted by Gasteiger charge is 2.21. The Kier molecular flexibility index (Phi) is 11.6. The van der Waals surface area contributed by atoms with Crippen LogP contribution in [0.2, 0.25) is 0 Å². The minimum atomic E-state index is -1.15. The summed E-state index contributed by atoms with van der Waals surface area (Å²) in [6.45, 7) is 2.77. The van der Waals surface area contributed by atoms with Gasteiger partial charge in [0.15, 0.2) is 0 Å². The Hall–Kier alpha value is -1.88. The molecule has 0 saturated heterocycles. The molecule has 0 fully saturated rings. The Labute approximate surface area is 177 Å². The van der Waals surface area contributed by atoms with Crippen LogP contribution in [0, 0.1) is 0 Å². The maximum absolute atomic E-state index is 12.5. The van der Waals surface area contributed by atoms with Gasteiger partial charge >= 0.3 is 0 Å². The minimum Gasteiger partial charge on any atom is -0.550 e. The van der Waals surface area contributed by atoms with Crippen LogP contribution in [0.3, 0.4) is 0 Å². The summed E-state index contributed by atoms with van der Waals surface area (Å²) in [5.41, 5.74) is 1.81. The smallest absolute Gasteiger partial charge is 0.251 e. The number of carbonyl (C=O) groups is 2. The van der Waals surface area contributed by atoms with Crippen molar-refractivity contribution in [3.63, 3.8) is 0 Å². The largest absolute Gasteiger partial charge is 0.550 e. The molecule has 0 bridgehead atoms. The Morgan fingerprint density at radius 1 is 0.931 bits per heavy atom. The number of carboxylic acids is 1. The van der Waals surface area contributed by atoms with Crippen molar-refractivity contribution in [2.75, 3.05) is 27.7 Å². The normalized spacial score (nSPS) is 12.6. The maximum Gasteiger partial charge on any atom is 0.251 e. The topological polar surface area (TPSA) is 69.2 Å². The van der Waals surface area contributed by atoms with Gasteiger partial charge in [-0.25, -0.2) is 0 Å². The van der Waals surface area contributed by atoms with Crippen molar-refractivity contribution >= 4 is 11.9 Å². The van der Waals surface area contributed by atoms with Gasteiger partial charge in [0, 0.05) is 18.0 Å². The second-order valence-corrected chi connectivity index (χ2v) is 9.14. The summed E-state index contributed by atoms with van der Waals surface area (Å²) in [5, 5.41) is 13.8. The molecule has 1 atom stereocenters. The predicted octanol–water partition coefficient (Wildman–Crippen LogP) is 3.31. The molecule has 5 nitrogen and oxygen atoms in total. The number of amides is 1. The number of nitrogens with one attached hydrogen (secondary N) is 1. The van der Waals surface area contributed by atoms with Gasteiger partial charge < -0.3 is 19.7 Å². The number of quaternary nitrogens is 1. The molecule has 1 rings (SSSR count). The Morgan fingerprint density at radius 3 is 2.00 bits per heavy atom. The van der Waals surface area contributed by atoms with Crippen molar-refractivity contribution in [3.05, 3.63) is 35.4 Å². The molecular formula is C24H40N2O3. The van der Waals surface area contributed by atoms with Gasteiger partial charge in [0.05, 0.1) is 33.7 Å². The highest BCUT2D eigenvalue weighted by molar-refractivity contribution is 5.94. The van der Waals surface area contributed by atoms with Gasteiger partial charge in [-0.1, -0.05) is 64.0 Å². The van der Waals surface area contributed by atoms with E-state index in [2.05, 4.69) is 12.2 Å². The van der Waals surface area contributed by atoms with E-state index >= 15 is 0 Å². The lowest BCUT2D eigenvalue weighted by molar-refractivity contribution is -0.871. The fourth-order valence-corrected chi connectivity index (χ4v) is 3.58. The van der Waals surface area contributed by atoms with E-state index in [1.54, 1.807) is 0 Å². The number of hydrogen-bond acceptors (Lipinski definition) is 3.